The van der Waals surface area contributed by atoms with Crippen molar-refractivity contribution in [3.8, 4) is 0 Å². The van der Waals surface area contributed by atoms with Gasteiger partial charge in [-0.1, -0.05) is 37.3 Å². The SMILES string of the molecule is CC12CCC1C2(C)N1CC(CNCc2ccccc2)OC1=O. The Labute approximate surface area is 131 Å². The number of benzene rings is 1. The fourth-order valence-electron chi connectivity index (χ4n) is 4.70. The zero-order valence-electron chi connectivity index (χ0n) is 13.3. The second kappa shape index (κ2) is 4.72. The molecule has 1 heterocycles. The molecular weight excluding hydrogens is 276 g/mol. The van der Waals surface area contributed by atoms with Crippen molar-refractivity contribution >= 4 is 6.09 Å². The molecule has 118 valence electrons. The molecule has 1 aliphatic heterocycles. The molecule has 1 aromatic rings. The van der Waals surface area contributed by atoms with Crippen LogP contribution < -0.4 is 5.32 Å². The molecule has 3 fully saturated rings. The fraction of sp³-hybridized carbons (Fsp3) is 0.611. The van der Waals surface area contributed by atoms with Gasteiger partial charge in [0.15, 0.2) is 0 Å². The van der Waals surface area contributed by atoms with Crippen molar-refractivity contribution in [3.05, 3.63) is 35.9 Å². The molecule has 1 aromatic carbocycles. The average molecular weight is 300 g/mol. The van der Waals surface area contributed by atoms with Gasteiger partial charge in [0, 0.05) is 13.1 Å². The Balaban J connectivity index is 1.32. The molecule has 4 heteroatoms. The maximum absolute atomic E-state index is 12.2. The number of cyclic esters (lactones) is 1. The largest absolute Gasteiger partial charge is 0.443 e. The summed E-state index contributed by atoms with van der Waals surface area (Å²) in [6.45, 7) is 6.81. The third-order valence-electron chi connectivity index (χ3n) is 6.45. The zero-order valence-corrected chi connectivity index (χ0v) is 13.3. The van der Waals surface area contributed by atoms with Gasteiger partial charge in [-0.3, -0.25) is 4.90 Å². The minimum Gasteiger partial charge on any atom is -0.443 e. The third-order valence-corrected chi connectivity index (χ3v) is 6.45. The number of carbonyl (C=O) groups excluding carboxylic acids is 1. The number of fused-ring (bicyclic) bond motifs is 1. The van der Waals surface area contributed by atoms with Gasteiger partial charge in [0.2, 0.25) is 0 Å². The Morgan fingerprint density at radius 2 is 2.05 bits per heavy atom. The summed E-state index contributed by atoms with van der Waals surface area (Å²) in [7, 11) is 0. The number of hydrogen-bond donors (Lipinski definition) is 1. The highest BCUT2D eigenvalue weighted by Crippen LogP contribution is 2.77. The molecular formula is C18H24N2O2. The van der Waals surface area contributed by atoms with E-state index in [1.54, 1.807) is 0 Å². The van der Waals surface area contributed by atoms with Gasteiger partial charge < -0.3 is 10.1 Å². The number of nitrogens with zero attached hydrogens (tertiary/aromatic N) is 1. The summed E-state index contributed by atoms with van der Waals surface area (Å²) in [5.74, 6) is 0.684. The molecule has 1 saturated heterocycles. The fourth-order valence-corrected chi connectivity index (χ4v) is 4.70. The molecule has 0 radical (unpaired) electrons. The highest BCUT2D eigenvalue weighted by atomic mass is 16.6. The number of carbonyl (C=O) groups is 1. The van der Waals surface area contributed by atoms with E-state index in [0.717, 1.165) is 13.1 Å². The molecule has 3 aliphatic rings. The first-order valence-electron chi connectivity index (χ1n) is 8.28. The Hall–Kier alpha value is -1.55. The summed E-state index contributed by atoms with van der Waals surface area (Å²) >= 11 is 0. The Morgan fingerprint density at radius 1 is 1.32 bits per heavy atom. The van der Waals surface area contributed by atoms with Crippen molar-refractivity contribution in [1.29, 1.82) is 0 Å². The molecule has 22 heavy (non-hydrogen) atoms. The van der Waals surface area contributed by atoms with Crippen molar-refractivity contribution in [2.24, 2.45) is 11.3 Å². The first-order chi connectivity index (χ1) is 10.6. The summed E-state index contributed by atoms with van der Waals surface area (Å²) in [6.07, 6.45) is 2.35. The summed E-state index contributed by atoms with van der Waals surface area (Å²) in [5, 5.41) is 3.40. The van der Waals surface area contributed by atoms with Gasteiger partial charge in [-0.2, -0.15) is 0 Å². The molecule has 0 bridgehead atoms. The molecule has 1 amide bonds. The van der Waals surface area contributed by atoms with Crippen LogP contribution in [-0.4, -0.2) is 35.7 Å². The molecule has 4 rings (SSSR count). The van der Waals surface area contributed by atoms with E-state index in [1.165, 1.54) is 18.4 Å². The van der Waals surface area contributed by atoms with Gasteiger partial charge in [-0.05, 0) is 36.7 Å². The number of amides is 1. The van der Waals surface area contributed by atoms with Crippen LogP contribution in [0.5, 0.6) is 0 Å². The minimum atomic E-state index is -0.121. The van der Waals surface area contributed by atoms with Gasteiger partial charge in [0.05, 0.1) is 12.1 Å². The lowest BCUT2D eigenvalue weighted by Crippen LogP contribution is -2.40. The summed E-state index contributed by atoms with van der Waals surface area (Å²) in [4.78, 5) is 14.2. The lowest BCUT2D eigenvalue weighted by molar-refractivity contribution is 0.122. The predicted octanol–water partition coefficient (Wildman–Crippen LogP) is 2.79. The molecule has 4 atom stereocenters. The second-order valence-electron chi connectivity index (χ2n) is 7.39. The van der Waals surface area contributed by atoms with E-state index >= 15 is 0 Å². The lowest BCUT2D eigenvalue weighted by atomic mass is 9.86. The van der Waals surface area contributed by atoms with Crippen molar-refractivity contribution < 1.29 is 9.53 Å². The number of ether oxygens (including phenoxy) is 1. The van der Waals surface area contributed by atoms with E-state index in [-0.39, 0.29) is 17.7 Å². The third kappa shape index (κ3) is 1.83. The van der Waals surface area contributed by atoms with E-state index in [2.05, 4.69) is 31.3 Å². The topological polar surface area (TPSA) is 41.6 Å². The van der Waals surface area contributed by atoms with E-state index in [9.17, 15) is 4.79 Å². The number of rotatable bonds is 5. The summed E-state index contributed by atoms with van der Waals surface area (Å²) in [5.41, 5.74) is 1.64. The van der Waals surface area contributed by atoms with Crippen LogP contribution >= 0.6 is 0 Å². The van der Waals surface area contributed by atoms with Crippen LogP contribution in [0, 0.1) is 11.3 Å². The monoisotopic (exact) mass is 300 g/mol. The maximum Gasteiger partial charge on any atom is 0.410 e. The van der Waals surface area contributed by atoms with E-state index in [4.69, 9.17) is 4.74 Å². The van der Waals surface area contributed by atoms with Crippen molar-refractivity contribution in [3.63, 3.8) is 0 Å². The Bertz CT molecular complexity index is 590. The van der Waals surface area contributed by atoms with Crippen LogP contribution in [0.2, 0.25) is 0 Å². The maximum atomic E-state index is 12.2. The van der Waals surface area contributed by atoms with E-state index in [1.807, 2.05) is 23.1 Å². The molecule has 2 saturated carbocycles. The molecule has 1 N–H and O–H groups in total. The molecule has 0 aromatic heterocycles. The quantitative estimate of drug-likeness (QED) is 0.909. The lowest BCUT2D eigenvalue weighted by Gasteiger charge is -2.25. The van der Waals surface area contributed by atoms with E-state index < -0.39 is 0 Å². The van der Waals surface area contributed by atoms with Gasteiger partial charge in [-0.15, -0.1) is 0 Å². The standard InChI is InChI=1S/C18H24N2O2/c1-17-9-8-15(17)18(17,2)20-12-14(22-16(20)21)11-19-10-13-6-4-3-5-7-13/h3-7,14-15,19H,8-12H2,1-2H3. The highest BCUT2D eigenvalue weighted by molar-refractivity contribution is 5.72. The average Bonchev–Trinajstić information content (AvgIpc) is 2.79. The van der Waals surface area contributed by atoms with Gasteiger partial charge >= 0.3 is 6.09 Å². The second-order valence-corrected chi connectivity index (χ2v) is 7.39. The normalized spacial score (nSPS) is 39.2. The molecule has 4 unspecified atom stereocenters. The Kier molecular flexibility index (Phi) is 3.02. The van der Waals surface area contributed by atoms with Gasteiger partial charge in [0.25, 0.3) is 0 Å². The van der Waals surface area contributed by atoms with Gasteiger partial charge in [-0.25, -0.2) is 4.79 Å². The van der Waals surface area contributed by atoms with Crippen LogP contribution in [0.4, 0.5) is 4.79 Å². The van der Waals surface area contributed by atoms with Crippen molar-refractivity contribution in [1.82, 2.24) is 10.2 Å². The van der Waals surface area contributed by atoms with Crippen LogP contribution in [0.25, 0.3) is 0 Å². The molecule has 2 aliphatic carbocycles. The van der Waals surface area contributed by atoms with Crippen LogP contribution in [0.15, 0.2) is 30.3 Å². The van der Waals surface area contributed by atoms with Crippen molar-refractivity contribution in [2.45, 2.75) is 44.9 Å². The Morgan fingerprint density at radius 3 is 2.68 bits per heavy atom. The predicted molar refractivity (Wildman–Crippen MR) is 84.4 cm³/mol. The number of hydrogen-bond acceptors (Lipinski definition) is 3. The van der Waals surface area contributed by atoms with Crippen LogP contribution in [0.3, 0.4) is 0 Å². The smallest absolute Gasteiger partial charge is 0.410 e. The summed E-state index contributed by atoms with van der Waals surface area (Å²) < 4.78 is 5.57. The first-order valence-corrected chi connectivity index (χ1v) is 8.28. The molecule has 4 nitrogen and oxygen atoms in total. The van der Waals surface area contributed by atoms with E-state index in [0.29, 0.717) is 17.9 Å². The van der Waals surface area contributed by atoms with Crippen molar-refractivity contribution in [2.75, 3.05) is 13.1 Å². The zero-order chi connectivity index (χ0) is 15.4. The number of nitrogens with one attached hydrogen (secondary N) is 1. The van der Waals surface area contributed by atoms with Crippen LogP contribution in [-0.2, 0) is 11.3 Å². The summed E-state index contributed by atoms with van der Waals surface area (Å²) in [6, 6.07) is 10.3. The van der Waals surface area contributed by atoms with Crippen LogP contribution in [0.1, 0.15) is 32.3 Å². The van der Waals surface area contributed by atoms with Gasteiger partial charge in [0.1, 0.15) is 6.10 Å². The molecule has 0 spiro atoms. The highest BCUT2D eigenvalue weighted by Gasteiger charge is 2.79. The minimum absolute atomic E-state index is 0.0309. The first kappa shape index (κ1) is 14.1.